The lowest BCUT2D eigenvalue weighted by atomic mass is 10.1. The zero-order valence-electron chi connectivity index (χ0n) is 18.2. The van der Waals surface area contributed by atoms with Crippen molar-refractivity contribution in [1.29, 1.82) is 5.26 Å². The lowest BCUT2D eigenvalue weighted by Crippen LogP contribution is -2.04. The highest BCUT2D eigenvalue weighted by atomic mass is 16.5. The summed E-state index contributed by atoms with van der Waals surface area (Å²) in [4.78, 5) is 11.8. The third-order valence-electron chi connectivity index (χ3n) is 4.70. The molecule has 0 amide bonds. The molecule has 0 spiro atoms. The van der Waals surface area contributed by atoms with Gasteiger partial charge < -0.3 is 14.2 Å². The Morgan fingerprint density at radius 1 is 0.839 bits per heavy atom. The van der Waals surface area contributed by atoms with E-state index in [4.69, 9.17) is 19.5 Å². The molecule has 164 valence electrons. The maximum absolute atomic E-state index is 11.8. The minimum absolute atomic E-state index is 0.367. The maximum Gasteiger partial charge on any atom is 0.339 e. The van der Waals surface area contributed by atoms with Crippen molar-refractivity contribution in [1.82, 2.24) is 0 Å². The molecule has 0 aliphatic carbocycles. The number of rotatable bonds is 14. The molecular formula is C26H31NO4. The van der Waals surface area contributed by atoms with E-state index in [1.165, 1.54) is 57.3 Å². The van der Waals surface area contributed by atoms with Crippen molar-refractivity contribution in [2.75, 3.05) is 6.61 Å². The normalized spacial score (nSPS) is 10.6. The third-order valence-corrected chi connectivity index (χ3v) is 4.70. The second-order valence-electron chi connectivity index (χ2n) is 7.27. The van der Waals surface area contributed by atoms with Crippen LogP contribution in [0, 0.1) is 11.3 Å². The molecule has 0 aliphatic heterocycles. The van der Waals surface area contributed by atoms with Gasteiger partial charge in [-0.15, -0.1) is 0 Å². The van der Waals surface area contributed by atoms with Gasteiger partial charge in [-0.05, 0) is 55.0 Å². The molecule has 0 heterocycles. The van der Waals surface area contributed by atoms with Crippen molar-refractivity contribution in [3.8, 4) is 23.3 Å². The van der Waals surface area contributed by atoms with Crippen LogP contribution in [-0.4, -0.2) is 12.6 Å². The summed E-state index contributed by atoms with van der Waals surface area (Å²) < 4.78 is 16.3. The number of esters is 1. The summed E-state index contributed by atoms with van der Waals surface area (Å²) in [5.41, 5.74) is 0.504. The number of benzene rings is 2. The molecule has 0 radical (unpaired) electrons. The number of ether oxygens (including phenoxy) is 3. The Kier molecular flexibility index (Phi) is 11.4. The van der Waals surface area contributed by atoms with E-state index in [9.17, 15) is 4.79 Å². The second-order valence-corrected chi connectivity index (χ2v) is 7.27. The first-order valence-corrected chi connectivity index (χ1v) is 11.0. The smallest absolute Gasteiger partial charge is 0.339 e. The predicted octanol–water partition coefficient (Wildman–Crippen LogP) is 6.58. The number of unbranched alkanes of at least 4 members (excludes halogenated alkanes) is 7. The molecule has 0 saturated heterocycles. The van der Waals surface area contributed by atoms with Crippen molar-refractivity contribution >= 4 is 5.97 Å². The molecule has 2 aromatic carbocycles. The highest BCUT2D eigenvalue weighted by molar-refractivity contribution is 5.83. The highest BCUT2D eigenvalue weighted by Crippen LogP contribution is 2.18. The van der Waals surface area contributed by atoms with Crippen LogP contribution in [0.4, 0.5) is 0 Å². The Hall–Kier alpha value is -3.26. The van der Waals surface area contributed by atoms with Crippen LogP contribution >= 0.6 is 0 Å². The van der Waals surface area contributed by atoms with Gasteiger partial charge in [0.2, 0.25) is 0 Å². The average Bonchev–Trinajstić information content (AvgIpc) is 2.79. The highest BCUT2D eigenvalue weighted by Gasteiger charge is 2.01. The summed E-state index contributed by atoms with van der Waals surface area (Å²) in [5, 5.41) is 8.76. The monoisotopic (exact) mass is 421 g/mol. The van der Waals surface area contributed by atoms with Crippen LogP contribution in [0.2, 0.25) is 0 Å². The standard InChI is InChI=1S/C26H31NO4/c1-2-3-4-5-6-7-8-9-19-29-23-14-16-24(17-15-23)30-20-18-26(28)31-25-12-10-22(21-27)11-13-25/h10-18,20H,2-9,19H2,1H3/b20-18+. The molecule has 2 aromatic rings. The molecule has 0 atom stereocenters. The largest absolute Gasteiger partial charge is 0.494 e. The van der Waals surface area contributed by atoms with E-state index in [2.05, 4.69) is 6.92 Å². The van der Waals surface area contributed by atoms with Crippen LogP contribution < -0.4 is 14.2 Å². The van der Waals surface area contributed by atoms with Crippen LogP contribution in [0.5, 0.6) is 17.2 Å². The average molecular weight is 422 g/mol. The Morgan fingerprint density at radius 3 is 2.06 bits per heavy atom. The van der Waals surface area contributed by atoms with Gasteiger partial charge in [-0.25, -0.2) is 4.79 Å². The van der Waals surface area contributed by atoms with Crippen molar-refractivity contribution in [2.45, 2.75) is 58.3 Å². The SMILES string of the molecule is CCCCCCCCCCOc1ccc(O/C=C/C(=O)Oc2ccc(C#N)cc2)cc1. The van der Waals surface area contributed by atoms with E-state index >= 15 is 0 Å². The van der Waals surface area contributed by atoms with Crippen LogP contribution in [0.3, 0.4) is 0 Å². The summed E-state index contributed by atoms with van der Waals surface area (Å²) in [7, 11) is 0. The summed E-state index contributed by atoms with van der Waals surface area (Å²) in [6.45, 7) is 2.96. The molecule has 0 saturated carbocycles. The van der Waals surface area contributed by atoms with E-state index in [-0.39, 0.29) is 0 Å². The molecule has 0 aromatic heterocycles. The zero-order chi connectivity index (χ0) is 22.2. The first-order valence-electron chi connectivity index (χ1n) is 11.0. The summed E-state index contributed by atoms with van der Waals surface area (Å²) >= 11 is 0. The molecule has 0 aliphatic rings. The minimum Gasteiger partial charge on any atom is -0.494 e. The van der Waals surface area contributed by atoms with Crippen molar-refractivity contribution in [3.63, 3.8) is 0 Å². The zero-order valence-corrected chi connectivity index (χ0v) is 18.2. The van der Waals surface area contributed by atoms with E-state index in [0.29, 0.717) is 17.1 Å². The molecular weight excluding hydrogens is 390 g/mol. The molecule has 0 fully saturated rings. The summed E-state index contributed by atoms with van der Waals surface area (Å²) in [6.07, 6.45) is 12.7. The molecule has 31 heavy (non-hydrogen) atoms. The van der Waals surface area contributed by atoms with Gasteiger partial charge in [-0.1, -0.05) is 51.9 Å². The van der Waals surface area contributed by atoms with Crippen LogP contribution in [0.1, 0.15) is 63.9 Å². The lowest BCUT2D eigenvalue weighted by Gasteiger charge is -2.07. The summed E-state index contributed by atoms with van der Waals surface area (Å²) in [6, 6.07) is 15.6. The van der Waals surface area contributed by atoms with E-state index in [0.717, 1.165) is 18.8 Å². The quantitative estimate of drug-likeness (QED) is 0.113. The first kappa shape index (κ1) is 24.0. The Morgan fingerprint density at radius 2 is 1.42 bits per heavy atom. The van der Waals surface area contributed by atoms with Crippen molar-refractivity contribution in [2.24, 2.45) is 0 Å². The van der Waals surface area contributed by atoms with Gasteiger partial charge >= 0.3 is 5.97 Å². The second kappa shape index (κ2) is 14.7. The van der Waals surface area contributed by atoms with Gasteiger partial charge in [0.25, 0.3) is 0 Å². The molecule has 0 N–H and O–H groups in total. The third kappa shape index (κ3) is 10.4. The van der Waals surface area contributed by atoms with Gasteiger partial charge in [0.05, 0.1) is 30.6 Å². The van der Waals surface area contributed by atoms with Gasteiger partial charge in [-0.2, -0.15) is 5.26 Å². The maximum atomic E-state index is 11.8. The van der Waals surface area contributed by atoms with Crippen LogP contribution in [0.15, 0.2) is 60.9 Å². The fourth-order valence-corrected chi connectivity index (χ4v) is 2.96. The fourth-order valence-electron chi connectivity index (χ4n) is 2.96. The van der Waals surface area contributed by atoms with Gasteiger partial charge in [-0.3, -0.25) is 0 Å². The number of hydrogen-bond donors (Lipinski definition) is 0. The molecule has 0 bridgehead atoms. The Labute approximate surface area is 185 Å². The number of hydrogen-bond acceptors (Lipinski definition) is 5. The molecule has 2 rings (SSSR count). The Bertz CT molecular complexity index is 835. The van der Waals surface area contributed by atoms with Gasteiger partial charge in [0, 0.05) is 0 Å². The number of carbonyl (C=O) groups excluding carboxylic acids is 1. The number of nitrogens with zero attached hydrogens (tertiary/aromatic N) is 1. The van der Waals surface area contributed by atoms with Crippen LogP contribution in [-0.2, 0) is 4.79 Å². The van der Waals surface area contributed by atoms with E-state index in [1.54, 1.807) is 36.4 Å². The molecule has 0 unspecified atom stereocenters. The predicted molar refractivity (Wildman–Crippen MR) is 121 cm³/mol. The van der Waals surface area contributed by atoms with Crippen molar-refractivity contribution in [3.05, 3.63) is 66.4 Å². The molecule has 5 nitrogen and oxygen atoms in total. The minimum atomic E-state index is -0.560. The lowest BCUT2D eigenvalue weighted by molar-refractivity contribution is -0.129. The van der Waals surface area contributed by atoms with Gasteiger partial charge in [0.15, 0.2) is 0 Å². The van der Waals surface area contributed by atoms with E-state index < -0.39 is 5.97 Å². The first-order chi connectivity index (χ1) is 15.2. The van der Waals surface area contributed by atoms with E-state index in [1.807, 2.05) is 18.2 Å². The number of nitriles is 1. The van der Waals surface area contributed by atoms with Crippen molar-refractivity contribution < 1.29 is 19.0 Å². The fraction of sp³-hybridized carbons (Fsp3) is 0.385. The molecule has 5 heteroatoms. The topological polar surface area (TPSA) is 68.6 Å². The number of carbonyl (C=O) groups is 1. The Balaban J connectivity index is 1.60. The van der Waals surface area contributed by atoms with Gasteiger partial charge in [0.1, 0.15) is 17.2 Å². The van der Waals surface area contributed by atoms with Crippen LogP contribution in [0.25, 0.3) is 0 Å². The summed E-state index contributed by atoms with van der Waals surface area (Å²) in [5.74, 6) is 1.21.